The maximum Gasteiger partial charge on any atom is 0.168 e. The largest absolute Gasteiger partial charge is 0.325 e. The number of aromatic nitrogens is 2. The molecule has 0 radical (unpaired) electrons. The molecule has 1 aromatic rings. The summed E-state index contributed by atoms with van der Waals surface area (Å²) >= 11 is 1.84. The number of hydrogen-bond donors (Lipinski definition) is 0. The summed E-state index contributed by atoms with van der Waals surface area (Å²) < 4.78 is 2.21. The third-order valence-corrected chi connectivity index (χ3v) is 2.39. The van der Waals surface area contributed by atoms with Crippen LogP contribution >= 0.6 is 11.8 Å². The quantitative estimate of drug-likeness (QED) is 0.639. The van der Waals surface area contributed by atoms with Crippen LogP contribution in [0.4, 0.5) is 0 Å². The highest BCUT2D eigenvalue weighted by Crippen LogP contribution is 2.23. The maximum absolute atomic E-state index is 4.32. The fourth-order valence-electron chi connectivity index (χ4n) is 1.04. The summed E-state index contributed by atoms with van der Waals surface area (Å²) in [6, 6.07) is 0. The van der Waals surface area contributed by atoms with Gasteiger partial charge in [0, 0.05) is 18.5 Å². The van der Waals surface area contributed by atoms with Crippen molar-refractivity contribution in [2.24, 2.45) is 0 Å². The van der Waals surface area contributed by atoms with E-state index in [4.69, 9.17) is 0 Å². The Bertz CT molecular complexity index is 209. The van der Waals surface area contributed by atoms with E-state index in [-0.39, 0.29) is 0 Å². The Balaban J connectivity index is 0.000000322. The van der Waals surface area contributed by atoms with Crippen LogP contribution in [-0.2, 0) is 6.54 Å². The Morgan fingerprint density at radius 2 is 1.92 bits per heavy atom. The SMILES string of the molecule is CC.CC.Cc1cn2c(n1)SCC2. The molecule has 13 heavy (non-hydrogen) atoms. The Morgan fingerprint density at radius 3 is 2.46 bits per heavy atom. The smallest absolute Gasteiger partial charge is 0.168 e. The van der Waals surface area contributed by atoms with Crippen LogP contribution in [0.3, 0.4) is 0 Å². The standard InChI is InChI=1S/C6H8N2S.2C2H6/c1-5-4-8-2-3-9-6(8)7-5;2*1-2/h4H,2-3H2,1H3;2*1-2H3. The molecule has 76 valence electrons. The van der Waals surface area contributed by atoms with Crippen molar-refractivity contribution in [1.82, 2.24) is 9.55 Å². The molecular weight excluding hydrogens is 180 g/mol. The first-order valence-corrected chi connectivity index (χ1v) is 6.01. The van der Waals surface area contributed by atoms with Gasteiger partial charge in [0.2, 0.25) is 0 Å². The topological polar surface area (TPSA) is 17.8 Å². The summed E-state index contributed by atoms with van der Waals surface area (Å²) in [5.74, 6) is 1.20. The van der Waals surface area contributed by atoms with Gasteiger partial charge in [-0.15, -0.1) is 0 Å². The van der Waals surface area contributed by atoms with Crippen LogP contribution in [0.15, 0.2) is 11.4 Å². The average molecular weight is 200 g/mol. The van der Waals surface area contributed by atoms with Crippen molar-refractivity contribution in [1.29, 1.82) is 0 Å². The molecular formula is C10H20N2S. The zero-order valence-electron chi connectivity index (χ0n) is 9.29. The molecule has 2 heterocycles. The number of fused-ring (bicyclic) bond motifs is 1. The summed E-state index contributed by atoms with van der Waals surface area (Å²) in [6.07, 6.45) is 2.11. The van der Waals surface area contributed by atoms with Gasteiger partial charge in [-0.1, -0.05) is 39.5 Å². The number of thioether (sulfide) groups is 1. The lowest BCUT2D eigenvalue weighted by Gasteiger charge is -1.86. The molecule has 0 bridgehead atoms. The van der Waals surface area contributed by atoms with E-state index < -0.39 is 0 Å². The Labute approximate surface area is 85.8 Å². The zero-order valence-corrected chi connectivity index (χ0v) is 10.1. The predicted molar refractivity (Wildman–Crippen MR) is 60.4 cm³/mol. The summed E-state index contributed by atoms with van der Waals surface area (Å²) in [4.78, 5) is 4.32. The van der Waals surface area contributed by atoms with Gasteiger partial charge in [-0.3, -0.25) is 0 Å². The molecule has 0 N–H and O–H groups in total. The van der Waals surface area contributed by atoms with Gasteiger partial charge >= 0.3 is 0 Å². The van der Waals surface area contributed by atoms with Crippen LogP contribution in [-0.4, -0.2) is 15.3 Å². The highest BCUT2D eigenvalue weighted by atomic mass is 32.2. The molecule has 2 rings (SSSR count). The first kappa shape index (κ1) is 12.6. The van der Waals surface area contributed by atoms with Gasteiger partial charge in [0.05, 0.1) is 5.69 Å². The fraction of sp³-hybridized carbons (Fsp3) is 0.700. The molecule has 0 spiro atoms. The van der Waals surface area contributed by atoms with Gasteiger partial charge in [0.15, 0.2) is 5.16 Å². The van der Waals surface area contributed by atoms with E-state index in [2.05, 4.69) is 15.7 Å². The van der Waals surface area contributed by atoms with Crippen LogP contribution in [0.1, 0.15) is 33.4 Å². The lowest BCUT2D eigenvalue weighted by molar-refractivity contribution is 0.719. The summed E-state index contributed by atoms with van der Waals surface area (Å²) in [7, 11) is 0. The Kier molecular flexibility index (Phi) is 6.77. The average Bonchev–Trinajstić information content (AvgIpc) is 2.71. The van der Waals surface area contributed by atoms with Crippen LogP contribution < -0.4 is 0 Å². The number of aryl methyl sites for hydroxylation is 2. The Morgan fingerprint density at radius 1 is 1.31 bits per heavy atom. The minimum Gasteiger partial charge on any atom is -0.325 e. The second-order valence-electron chi connectivity index (χ2n) is 2.21. The van der Waals surface area contributed by atoms with Crippen molar-refractivity contribution < 1.29 is 0 Å². The molecule has 0 unspecified atom stereocenters. The number of imidazole rings is 1. The van der Waals surface area contributed by atoms with E-state index in [1.165, 1.54) is 10.9 Å². The lowest BCUT2D eigenvalue weighted by atomic mass is 10.6. The number of rotatable bonds is 0. The molecule has 0 saturated carbocycles. The van der Waals surface area contributed by atoms with E-state index in [0.29, 0.717) is 0 Å². The van der Waals surface area contributed by atoms with Gasteiger partial charge in [-0.2, -0.15) is 0 Å². The van der Waals surface area contributed by atoms with E-state index in [0.717, 1.165) is 12.2 Å². The third-order valence-electron chi connectivity index (χ3n) is 1.42. The van der Waals surface area contributed by atoms with E-state index in [9.17, 15) is 0 Å². The van der Waals surface area contributed by atoms with Crippen molar-refractivity contribution in [3.8, 4) is 0 Å². The third kappa shape index (κ3) is 3.43. The molecule has 2 nitrogen and oxygen atoms in total. The molecule has 0 saturated heterocycles. The molecule has 0 amide bonds. The van der Waals surface area contributed by atoms with Crippen molar-refractivity contribution in [3.63, 3.8) is 0 Å². The van der Waals surface area contributed by atoms with E-state index in [1.54, 1.807) is 0 Å². The first-order chi connectivity index (χ1) is 6.36. The second-order valence-corrected chi connectivity index (χ2v) is 3.27. The molecule has 0 aromatic carbocycles. The molecule has 0 fully saturated rings. The summed E-state index contributed by atoms with van der Waals surface area (Å²) in [6.45, 7) is 11.2. The highest BCUT2D eigenvalue weighted by Gasteiger charge is 2.11. The van der Waals surface area contributed by atoms with Gasteiger partial charge in [-0.05, 0) is 6.92 Å². The van der Waals surface area contributed by atoms with Crippen LogP contribution in [0, 0.1) is 6.92 Å². The minimum atomic E-state index is 1.14. The van der Waals surface area contributed by atoms with Gasteiger partial charge in [-0.25, -0.2) is 4.98 Å². The molecule has 1 aliphatic heterocycles. The summed E-state index contributed by atoms with van der Waals surface area (Å²) in [5, 5.41) is 1.19. The fourth-order valence-corrected chi connectivity index (χ4v) is 2.02. The van der Waals surface area contributed by atoms with Gasteiger partial charge in [0.1, 0.15) is 0 Å². The highest BCUT2D eigenvalue weighted by molar-refractivity contribution is 7.99. The zero-order chi connectivity index (χ0) is 10.3. The molecule has 0 aliphatic carbocycles. The van der Waals surface area contributed by atoms with E-state index in [1.807, 2.05) is 46.4 Å². The van der Waals surface area contributed by atoms with Crippen molar-refractivity contribution in [2.75, 3.05) is 5.75 Å². The normalized spacial score (nSPS) is 12.1. The molecule has 3 heteroatoms. The summed E-state index contributed by atoms with van der Waals surface area (Å²) in [5.41, 5.74) is 1.14. The Hall–Kier alpha value is -0.440. The number of hydrogen-bond acceptors (Lipinski definition) is 2. The molecule has 1 aliphatic rings. The van der Waals surface area contributed by atoms with Crippen molar-refractivity contribution in [3.05, 3.63) is 11.9 Å². The second kappa shape index (κ2) is 7.01. The lowest BCUT2D eigenvalue weighted by Crippen LogP contribution is -1.88. The molecule has 1 aromatic heterocycles. The first-order valence-electron chi connectivity index (χ1n) is 5.03. The predicted octanol–water partition coefficient (Wildman–Crippen LogP) is 3.35. The monoisotopic (exact) mass is 200 g/mol. The van der Waals surface area contributed by atoms with E-state index >= 15 is 0 Å². The van der Waals surface area contributed by atoms with Crippen molar-refractivity contribution >= 4 is 11.8 Å². The van der Waals surface area contributed by atoms with Crippen LogP contribution in [0.2, 0.25) is 0 Å². The van der Waals surface area contributed by atoms with Gasteiger partial charge < -0.3 is 4.57 Å². The van der Waals surface area contributed by atoms with Crippen LogP contribution in [0.25, 0.3) is 0 Å². The van der Waals surface area contributed by atoms with Crippen molar-refractivity contribution in [2.45, 2.75) is 46.3 Å². The molecule has 0 atom stereocenters. The van der Waals surface area contributed by atoms with Crippen LogP contribution in [0.5, 0.6) is 0 Å². The number of nitrogens with zero attached hydrogens (tertiary/aromatic N) is 2. The van der Waals surface area contributed by atoms with Gasteiger partial charge in [0.25, 0.3) is 0 Å². The maximum atomic E-state index is 4.32. The minimum absolute atomic E-state index is 1.14.